The molecule has 188 valence electrons. The average molecular weight is 564 g/mol. The van der Waals surface area contributed by atoms with Crippen LogP contribution >= 0.6 is 46.4 Å². The summed E-state index contributed by atoms with van der Waals surface area (Å²) in [5, 5.41) is 10.7. The van der Waals surface area contributed by atoms with Crippen LogP contribution in [0.25, 0.3) is 6.08 Å². The Morgan fingerprint density at radius 2 is 1.50 bits per heavy atom. The third-order valence-corrected chi connectivity index (χ3v) is 8.04. The van der Waals surface area contributed by atoms with Crippen molar-refractivity contribution >= 4 is 64.2 Å². The molecular formula is C29H26Cl4O3. The van der Waals surface area contributed by atoms with Gasteiger partial charge in [-0.3, -0.25) is 9.59 Å². The lowest BCUT2D eigenvalue weighted by Gasteiger charge is -2.42. The predicted octanol–water partition coefficient (Wildman–Crippen LogP) is 8.62. The molecule has 0 fully saturated rings. The summed E-state index contributed by atoms with van der Waals surface area (Å²) >= 11 is 26.0. The first-order valence-corrected chi connectivity index (χ1v) is 13.1. The average Bonchev–Trinajstić information content (AvgIpc) is 2.86. The molecule has 0 bridgehead atoms. The molecule has 0 aromatic heterocycles. The van der Waals surface area contributed by atoms with E-state index in [2.05, 4.69) is 0 Å². The third-order valence-electron chi connectivity index (χ3n) is 6.72. The number of benzene rings is 3. The number of hydrogen-bond acceptors (Lipinski definition) is 2. The summed E-state index contributed by atoms with van der Waals surface area (Å²) in [6, 6.07) is 20.6. The summed E-state index contributed by atoms with van der Waals surface area (Å²) in [5.41, 5.74) is -1.74. The van der Waals surface area contributed by atoms with Crippen LogP contribution in [0.5, 0.6) is 0 Å². The van der Waals surface area contributed by atoms with Gasteiger partial charge in [-0.05, 0) is 53.8 Å². The smallest absolute Gasteiger partial charge is 0.321 e. The molecule has 3 aromatic carbocycles. The second kappa shape index (κ2) is 11.8. The van der Waals surface area contributed by atoms with Crippen LogP contribution in [0.15, 0.2) is 78.9 Å². The molecule has 7 heteroatoms. The van der Waals surface area contributed by atoms with Gasteiger partial charge in [-0.25, -0.2) is 0 Å². The Balaban J connectivity index is 2.31. The van der Waals surface area contributed by atoms with E-state index in [4.69, 9.17) is 46.4 Å². The molecule has 0 radical (unpaired) electrons. The lowest BCUT2D eigenvalue weighted by atomic mass is 9.60. The zero-order valence-corrected chi connectivity index (χ0v) is 22.9. The van der Waals surface area contributed by atoms with Crippen molar-refractivity contribution in [2.24, 2.45) is 0 Å². The van der Waals surface area contributed by atoms with Gasteiger partial charge in [0.25, 0.3) is 0 Å². The monoisotopic (exact) mass is 562 g/mol. The fourth-order valence-corrected chi connectivity index (χ4v) is 5.85. The molecule has 3 atom stereocenters. The van der Waals surface area contributed by atoms with E-state index in [1.54, 1.807) is 56.3 Å². The summed E-state index contributed by atoms with van der Waals surface area (Å²) in [4.78, 5) is 27.7. The Bertz CT molecular complexity index is 1260. The van der Waals surface area contributed by atoms with Crippen molar-refractivity contribution in [3.8, 4) is 0 Å². The number of rotatable bonds is 10. The number of alkyl halides is 1. The molecule has 0 saturated carbocycles. The van der Waals surface area contributed by atoms with Crippen molar-refractivity contribution in [3.05, 3.63) is 111 Å². The van der Waals surface area contributed by atoms with E-state index >= 15 is 0 Å². The number of halogens is 4. The van der Waals surface area contributed by atoms with E-state index < -0.39 is 28.0 Å². The zero-order valence-electron chi connectivity index (χ0n) is 19.9. The fraction of sp³-hybridized carbons (Fsp3) is 0.241. The van der Waals surface area contributed by atoms with E-state index in [0.717, 1.165) is 5.56 Å². The van der Waals surface area contributed by atoms with E-state index in [-0.39, 0.29) is 17.9 Å². The first-order valence-electron chi connectivity index (χ1n) is 11.5. The highest BCUT2D eigenvalue weighted by atomic mass is 35.5. The SMILES string of the molecule is CCC(C(=O)O)(C(=O)C(CC)(c1ccc(Cl)cc1Cl)C(Cl)/C=C/c1ccccc1)c1ccc(Cl)cc1. The van der Waals surface area contributed by atoms with Gasteiger partial charge in [-0.2, -0.15) is 0 Å². The van der Waals surface area contributed by atoms with Crippen molar-refractivity contribution < 1.29 is 14.7 Å². The van der Waals surface area contributed by atoms with Crippen LogP contribution in [-0.2, 0) is 20.4 Å². The first kappa shape index (κ1) is 28.3. The van der Waals surface area contributed by atoms with Gasteiger partial charge in [-0.15, -0.1) is 11.6 Å². The molecule has 3 nitrogen and oxygen atoms in total. The van der Waals surface area contributed by atoms with Gasteiger partial charge in [0.05, 0.1) is 10.8 Å². The van der Waals surface area contributed by atoms with Crippen LogP contribution in [-0.4, -0.2) is 22.2 Å². The summed E-state index contributed by atoms with van der Waals surface area (Å²) < 4.78 is 0. The van der Waals surface area contributed by atoms with Gasteiger partial charge in [0.15, 0.2) is 11.2 Å². The number of carbonyl (C=O) groups is 2. The number of aliphatic carboxylic acids is 1. The van der Waals surface area contributed by atoms with E-state index in [1.165, 1.54) is 6.07 Å². The minimum Gasteiger partial charge on any atom is -0.480 e. The maximum Gasteiger partial charge on any atom is 0.321 e. The molecule has 0 amide bonds. The van der Waals surface area contributed by atoms with Crippen molar-refractivity contribution in [1.82, 2.24) is 0 Å². The maximum atomic E-state index is 14.7. The number of carbonyl (C=O) groups excluding carboxylic acids is 1. The topological polar surface area (TPSA) is 54.4 Å². The summed E-state index contributed by atoms with van der Waals surface area (Å²) in [5.74, 6) is -1.83. The largest absolute Gasteiger partial charge is 0.480 e. The quantitative estimate of drug-likeness (QED) is 0.198. The van der Waals surface area contributed by atoms with Crippen molar-refractivity contribution in [1.29, 1.82) is 0 Å². The van der Waals surface area contributed by atoms with E-state index in [1.807, 2.05) is 36.4 Å². The van der Waals surface area contributed by atoms with E-state index in [9.17, 15) is 14.7 Å². The van der Waals surface area contributed by atoms with Crippen LogP contribution in [0.1, 0.15) is 43.4 Å². The van der Waals surface area contributed by atoms with Crippen LogP contribution < -0.4 is 0 Å². The molecular weight excluding hydrogens is 538 g/mol. The first-order chi connectivity index (χ1) is 17.1. The number of hydrogen-bond donors (Lipinski definition) is 1. The Kier molecular flexibility index (Phi) is 9.29. The molecule has 0 aliphatic carbocycles. The zero-order chi connectivity index (χ0) is 26.5. The Labute approximate surface area is 231 Å². The number of carboxylic acid groups (broad SMARTS) is 1. The molecule has 3 rings (SSSR count). The molecule has 36 heavy (non-hydrogen) atoms. The molecule has 0 heterocycles. The van der Waals surface area contributed by atoms with Crippen molar-refractivity contribution in [2.75, 3.05) is 0 Å². The van der Waals surface area contributed by atoms with E-state index in [0.29, 0.717) is 21.2 Å². The van der Waals surface area contributed by atoms with Crippen LogP contribution in [0.3, 0.4) is 0 Å². The summed E-state index contributed by atoms with van der Waals surface area (Å²) in [6.07, 6.45) is 3.73. The van der Waals surface area contributed by atoms with Gasteiger partial charge < -0.3 is 5.11 Å². The lowest BCUT2D eigenvalue weighted by Crippen LogP contribution is -2.56. The molecule has 3 unspecified atom stereocenters. The van der Waals surface area contributed by atoms with Gasteiger partial charge in [0.1, 0.15) is 0 Å². The van der Waals surface area contributed by atoms with Gasteiger partial charge in [0.2, 0.25) is 0 Å². The summed E-state index contributed by atoms with van der Waals surface area (Å²) in [7, 11) is 0. The molecule has 0 saturated heterocycles. The van der Waals surface area contributed by atoms with Crippen LogP contribution in [0, 0.1) is 0 Å². The fourth-order valence-electron chi connectivity index (χ4n) is 4.70. The van der Waals surface area contributed by atoms with Crippen molar-refractivity contribution in [3.63, 3.8) is 0 Å². The molecule has 1 N–H and O–H groups in total. The lowest BCUT2D eigenvalue weighted by molar-refractivity contribution is -0.151. The van der Waals surface area contributed by atoms with Crippen LogP contribution in [0.2, 0.25) is 15.1 Å². The highest BCUT2D eigenvalue weighted by Crippen LogP contribution is 2.47. The highest BCUT2D eigenvalue weighted by Gasteiger charge is 2.57. The highest BCUT2D eigenvalue weighted by molar-refractivity contribution is 6.36. The number of Topliss-reactive ketones (excluding diaryl/α,β-unsaturated/α-hetero) is 1. The van der Waals surface area contributed by atoms with Crippen LogP contribution in [0.4, 0.5) is 0 Å². The number of ketones is 1. The number of allylic oxidation sites excluding steroid dienone is 1. The Hall–Kier alpha value is -2.30. The normalized spacial score (nSPS) is 15.7. The minimum atomic E-state index is -1.89. The Morgan fingerprint density at radius 3 is 2.03 bits per heavy atom. The van der Waals surface area contributed by atoms with Gasteiger partial charge in [-0.1, -0.05) is 109 Å². The molecule has 0 spiro atoms. The van der Waals surface area contributed by atoms with Gasteiger partial charge >= 0.3 is 5.97 Å². The number of carboxylic acids is 1. The second-order valence-electron chi connectivity index (χ2n) is 8.52. The Morgan fingerprint density at radius 1 is 0.889 bits per heavy atom. The second-order valence-corrected chi connectivity index (χ2v) is 10.3. The molecule has 0 aliphatic heterocycles. The third kappa shape index (κ3) is 5.21. The predicted molar refractivity (Wildman–Crippen MR) is 150 cm³/mol. The van der Waals surface area contributed by atoms with Gasteiger partial charge in [0, 0.05) is 15.1 Å². The van der Waals surface area contributed by atoms with Crippen molar-refractivity contribution in [2.45, 2.75) is 42.9 Å². The minimum absolute atomic E-state index is 0.00175. The standard InChI is InChI=1S/C29H26Cl4O3/c1-3-28(27(35)36,20-11-13-21(30)14-12-20)26(34)29(4-2,23-16-15-22(31)18-24(23)32)25(33)17-10-19-8-6-5-7-9-19/h5-18,25H,3-4H2,1-2H3,(H,35,36)/b17-10+. The molecule has 0 aliphatic rings. The summed E-state index contributed by atoms with van der Waals surface area (Å²) in [6.45, 7) is 3.48. The maximum absolute atomic E-state index is 14.7. The molecule has 3 aromatic rings.